The molecule has 0 aliphatic heterocycles. The van der Waals surface area contributed by atoms with Crippen LogP contribution in [0.25, 0.3) is 10.9 Å². The second-order valence-electron chi connectivity index (χ2n) is 4.65. The van der Waals surface area contributed by atoms with E-state index < -0.39 is 0 Å². The summed E-state index contributed by atoms with van der Waals surface area (Å²) in [6.07, 6.45) is 5.91. The quantitative estimate of drug-likeness (QED) is 0.576. The number of nitrogens with zero attached hydrogens (tertiary/aromatic N) is 2. The van der Waals surface area contributed by atoms with Gasteiger partial charge in [-0.2, -0.15) is 0 Å². The highest BCUT2D eigenvalue weighted by Gasteiger charge is 2.31. The van der Waals surface area contributed by atoms with Gasteiger partial charge in [0.1, 0.15) is 5.52 Å². The summed E-state index contributed by atoms with van der Waals surface area (Å²) in [5.41, 5.74) is 2.54. The van der Waals surface area contributed by atoms with E-state index in [0.717, 1.165) is 29.3 Å². The fourth-order valence-electron chi connectivity index (χ4n) is 2.40. The molecule has 5 nitrogen and oxygen atoms in total. The Kier molecular flexibility index (Phi) is 3.80. The number of carbonyl (C=O) groups excluding carboxylic acids is 1. The van der Waals surface area contributed by atoms with Crippen molar-refractivity contribution in [3.63, 3.8) is 0 Å². The number of hydrogen-bond donors (Lipinski definition) is 0. The highest BCUT2D eigenvalue weighted by molar-refractivity contribution is 14.2. The number of halogens is 1. The van der Waals surface area contributed by atoms with Crippen LogP contribution in [0, 0.1) is 0 Å². The lowest BCUT2D eigenvalue weighted by atomic mass is 10.1. The van der Waals surface area contributed by atoms with Crippen molar-refractivity contribution in [1.29, 1.82) is 0 Å². The van der Waals surface area contributed by atoms with Gasteiger partial charge in [-0.3, -0.25) is 3.97 Å². The zero-order valence-corrected chi connectivity index (χ0v) is 14.0. The first-order chi connectivity index (χ1) is 9.71. The molecule has 2 heterocycles. The summed E-state index contributed by atoms with van der Waals surface area (Å²) in [6, 6.07) is 0. The number of ether oxygens (including phenoxy) is 2. The molecule has 0 saturated heterocycles. The normalized spacial score (nSPS) is 14.6. The van der Waals surface area contributed by atoms with E-state index in [-0.39, 0.29) is 5.97 Å². The zero-order chi connectivity index (χ0) is 14.3. The minimum absolute atomic E-state index is 0.325. The molecule has 2 aromatic rings. The van der Waals surface area contributed by atoms with Gasteiger partial charge in [-0.25, -0.2) is 9.78 Å². The largest absolute Gasteiger partial charge is 0.479 e. The first-order valence-corrected chi connectivity index (χ1v) is 9.48. The van der Waals surface area contributed by atoms with Crippen molar-refractivity contribution in [2.45, 2.75) is 18.8 Å². The van der Waals surface area contributed by atoms with Crippen LogP contribution in [0.15, 0.2) is 12.4 Å². The summed E-state index contributed by atoms with van der Waals surface area (Å²) in [5, 5.41) is 0.912. The Morgan fingerprint density at radius 3 is 2.80 bits per heavy atom. The number of hydrogen-bond acceptors (Lipinski definition) is 5. The minimum atomic E-state index is -0.325. The predicted molar refractivity (Wildman–Crippen MR) is 86.6 cm³/mol. The molecule has 0 amide bonds. The Morgan fingerprint density at radius 1 is 1.50 bits per heavy atom. The van der Waals surface area contributed by atoms with Crippen LogP contribution in [0.2, 0.25) is 0 Å². The van der Waals surface area contributed by atoms with Crippen molar-refractivity contribution >= 4 is 47.2 Å². The molecule has 0 radical (unpaired) electrons. The SMILES string of the molecule is COC(=O)c1cn(SI)c2c(OC)ncc(C3CC3)c12. The Hall–Kier alpha value is -0.960. The van der Waals surface area contributed by atoms with Gasteiger partial charge in [-0.05, 0) is 24.3 Å². The second kappa shape index (κ2) is 5.44. The van der Waals surface area contributed by atoms with E-state index in [1.807, 2.05) is 10.2 Å². The maximum absolute atomic E-state index is 12.0. The fraction of sp³-hybridized carbons (Fsp3) is 0.385. The highest BCUT2D eigenvalue weighted by Crippen LogP contribution is 2.46. The van der Waals surface area contributed by atoms with Gasteiger partial charge in [0.15, 0.2) is 0 Å². The summed E-state index contributed by atoms with van der Waals surface area (Å²) >= 11 is 2.17. The second-order valence-corrected chi connectivity index (χ2v) is 6.36. The third kappa shape index (κ3) is 2.16. The number of rotatable bonds is 4. The van der Waals surface area contributed by atoms with Crippen molar-refractivity contribution < 1.29 is 14.3 Å². The molecule has 0 spiro atoms. The Balaban J connectivity index is 2.36. The standard InChI is InChI=1S/C13H13IN2O3S/c1-18-12-11-10(8(5-15-12)7-3-4-7)9(13(17)19-2)6-16(11)20-14/h5-7H,3-4H2,1-2H3. The summed E-state index contributed by atoms with van der Waals surface area (Å²) < 4.78 is 12.2. The molecule has 1 aliphatic rings. The van der Waals surface area contributed by atoms with Crippen LogP contribution >= 0.6 is 30.3 Å². The van der Waals surface area contributed by atoms with Crippen LogP contribution in [0.4, 0.5) is 0 Å². The lowest BCUT2D eigenvalue weighted by Gasteiger charge is -2.08. The molecule has 2 aromatic heterocycles. The summed E-state index contributed by atoms with van der Waals surface area (Å²) in [6.45, 7) is 0. The van der Waals surface area contributed by atoms with Crippen molar-refractivity contribution in [1.82, 2.24) is 8.96 Å². The third-order valence-electron chi connectivity index (χ3n) is 3.48. The average molecular weight is 404 g/mol. The summed E-state index contributed by atoms with van der Waals surface area (Å²) in [7, 11) is 4.47. The molecule has 1 saturated carbocycles. The molecule has 7 heteroatoms. The van der Waals surface area contributed by atoms with E-state index in [1.165, 1.54) is 16.2 Å². The van der Waals surface area contributed by atoms with Crippen LogP contribution in [0.5, 0.6) is 5.88 Å². The van der Waals surface area contributed by atoms with Crippen molar-refractivity contribution in [3.8, 4) is 5.88 Å². The topological polar surface area (TPSA) is 53.4 Å². The Bertz CT molecular complexity index is 682. The lowest BCUT2D eigenvalue weighted by Crippen LogP contribution is -2.01. The number of carbonyl (C=O) groups is 1. The van der Waals surface area contributed by atoms with Gasteiger partial charge in [0.25, 0.3) is 0 Å². The van der Waals surface area contributed by atoms with Gasteiger partial charge >= 0.3 is 5.97 Å². The van der Waals surface area contributed by atoms with Gasteiger partial charge in [0.05, 0.1) is 19.8 Å². The molecule has 0 aromatic carbocycles. The maximum atomic E-state index is 12.0. The Morgan fingerprint density at radius 2 is 2.25 bits per heavy atom. The van der Waals surface area contributed by atoms with Gasteiger partial charge < -0.3 is 9.47 Å². The van der Waals surface area contributed by atoms with E-state index in [0.29, 0.717) is 17.4 Å². The monoisotopic (exact) mass is 404 g/mol. The van der Waals surface area contributed by atoms with E-state index in [1.54, 1.807) is 13.3 Å². The molecule has 0 bridgehead atoms. The van der Waals surface area contributed by atoms with Crippen LogP contribution in [-0.4, -0.2) is 29.1 Å². The first-order valence-electron chi connectivity index (χ1n) is 6.16. The first kappa shape index (κ1) is 14.0. The predicted octanol–water partition coefficient (Wildman–Crippen LogP) is 3.56. The van der Waals surface area contributed by atoms with E-state index in [9.17, 15) is 4.79 Å². The number of aromatic nitrogens is 2. The summed E-state index contributed by atoms with van der Waals surface area (Å²) in [5.74, 6) is 0.701. The highest BCUT2D eigenvalue weighted by atomic mass is 127. The molecule has 0 N–H and O–H groups in total. The molecular weight excluding hydrogens is 391 g/mol. The van der Waals surface area contributed by atoms with Crippen molar-refractivity contribution in [2.75, 3.05) is 14.2 Å². The van der Waals surface area contributed by atoms with Gasteiger partial charge in [-0.1, -0.05) is 0 Å². The van der Waals surface area contributed by atoms with Crippen LogP contribution in [0.3, 0.4) is 0 Å². The van der Waals surface area contributed by atoms with E-state index in [4.69, 9.17) is 9.47 Å². The van der Waals surface area contributed by atoms with E-state index >= 15 is 0 Å². The van der Waals surface area contributed by atoms with Crippen LogP contribution < -0.4 is 4.74 Å². The molecule has 0 unspecified atom stereocenters. The number of fused-ring (bicyclic) bond motifs is 1. The molecule has 106 valence electrons. The minimum Gasteiger partial charge on any atom is -0.479 e. The lowest BCUT2D eigenvalue weighted by molar-refractivity contribution is 0.0603. The Labute approximate surface area is 132 Å². The molecule has 3 rings (SSSR count). The molecule has 20 heavy (non-hydrogen) atoms. The fourth-order valence-corrected chi connectivity index (χ4v) is 3.72. The van der Waals surface area contributed by atoms with Gasteiger partial charge in [0, 0.05) is 48.1 Å². The third-order valence-corrected chi connectivity index (χ3v) is 5.18. The van der Waals surface area contributed by atoms with Gasteiger partial charge in [-0.15, -0.1) is 0 Å². The van der Waals surface area contributed by atoms with Gasteiger partial charge in [0.2, 0.25) is 5.88 Å². The van der Waals surface area contributed by atoms with Crippen molar-refractivity contribution in [3.05, 3.63) is 23.5 Å². The number of pyridine rings is 1. The molecule has 0 atom stereocenters. The smallest absolute Gasteiger partial charge is 0.340 e. The maximum Gasteiger partial charge on any atom is 0.340 e. The number of methoxy groups -OCH3 is 2. The molecule has 1 aliphatic carbocycles. The molecular formula is C13H13IN2O3S. The summed E-state index contributed by atoms with van der Waals surface area (Å²) in [4.78, 5) is 16.4. The zero-order valence-electron chi connectivity index (χ0n) is 11.1. The van der Waals surface area contributed by atoms with Crippen LogP contribution in [-0.2, 0) is 4.74 Å². The van der Waals surface area contributed by atoms with E-state index in [2.05, 4.69) is 26.2 Å². The molecule has 1 fully saturated rings. The van der Waals surface area contributed by atoms with Crippen molar-refractivity contribution in [2.24, 2.45) is 0 Å². The van der Waals surface area contributed by atoms with Crippen LogP contribution in [0.1, 0.15) is 34.7 Å². The average Bonchev–Trinajstić information content (AvgIpc) is 3.25. The number of esters is 1.